The average molecular weight is 1150 g/mol. The number of fused-ring (bicyclic) bond motifs is 18. The lowest BCUT2D eigenvalue weighted by Gasteiger charge is -2.24. The Morgan fingerprint density at radius 2 is 0.411 bits per heavy atom. The fraction of sp³-hybridized carbons (Fsp3) is 0. The Hall–Kier alpha value is -12.2. The molecule has 7 heteroatoms. The third-order valence-electron chi connectivity index (χ3n) is 18.7. The van der Waals surface area contributed by atoms with Gasteiger partial charge in [-0.3, -0.25) is 4.98 Å². The minimum Gasteiger partial charge on any atom is -0.309 e. The molecule has 0 bridgehead atoms. The van der Waals surface area contributed by atoms with Crippen LogP contribution in [0.4, 0.5) is 0 Å². The van der Waals surface area contributed by atoms with E-state index in [-0.39, 0.29) is 0 Å². The molecule has 0 saturated carbocycles. The molecule has 0 amide bonds. The van der Waals surface area contributed by atoms with Crippen molar-refractivity contribution in [1.29, 1.82) is 0 Å². The highest BCUT2D eigenvalue weighted by Gasteiger charge is 2.23. The van der Waals surface area contributed by atoms with Gasteiger partial charge in [0.2, 0.25) is 0 Å². The van der Waals surface area contributed by atoms with Gasteiger partial charge in [-0.1, -0.05) is 176 Å². The second-order valence-corrected chi connectivity index (χ2v) is 23.5. The Balaban J connectivity index is 1.10. The first kappa shape index (κ1) is 50.0. The lowest BCUT2D eigenvalue weighted by atomic mass is 9.94. The Labute approximate surface area is 516 Å². The first-order valence-corrected chi connectivity index (χ1v) is 30.8. The fourth-order valence-electron chi connectivity index (χ4n) is 14.9. The maximum Gasteiger partial charge on any atom is 0.0789 e. The van der Waals surface area contributed by atoms with E-state index in [9.17, 15) is 0 Å². The number of rotatable bonds is 6. The topological polar surface area (TPSA) is 42.5 Å². The van der Waals surface area contributed by atoms with E-state index < -0.39 is 0 Å². The summed E-state index contributed by atoms with van der Waals surface area (Å²) < 4.78 is 14.7. The summed E-state index contributed by atoms with van der Waals surface area (Å²) >= 11 is 0. The smallest absolute Gasteiger partial charge is 0.0789 e. The average Bonchev–Trinajstić information content (AvgIpc) is 0.996. The van der Waals surface area contributed by atoms with Crippen molar-refractivity contribution in [3.63, 3.8) is 0 Å². The lowest BCUT2D eigenvalue weighted by molar-refractivity contribution is 1.09. The molecule has 0 aliphatic heterocycles. The summed E-state index contributed by atoms with van der Waals surface area (Å²) in [5.74, 6) is 0. The van der Waals surface area contributed by atoms with E-state index in [1.165, 1.54) is 21.5 Å². The maximum atomic E-state index is 5.93. The zero-order valence-corrected chi connectivity index (χ0v) is 48.7. The van der Waals surface area contributed by atoms with Gasteiger partial charge in [0.05, 0.1) is 83.6 Å². The molecule has 7 nitrogen and oxygen atoms in total. The number of pyridine rings is 1. The third-order valence-corrected chi connectivity index (χ3v) is 18.7. The van der Waals surface area contributed by atoms with Gasteiger partial charge in [0.1, 0.15) is 0 Å². The van der Waals surface area contributed by atoms with Crippen molar-refractivity contribution in [3.05, 3.63) is 322 Å². The van der Waals surface area contributed by atoms with Crippen LogP contribution in [0.3, 0.4) is 0 Å². The van der Waals surface area contributed by atoms with Crippen molar-refractivity contribution >= 4 is 131 Å². The number of para-hydroxylation sites is 12. The van der Waals surface area contributed by atoms with Crippen molar-refractivity contribution in [2.75, 3.05) is 0 Å². The summed E-state index contributed by atoms with van der Waals surface area (Å²) in [6.45, 7) is 0. The van der Waals surface area contributed by atoms with Crippen LogP contribution in [0.5, 0.6) is 0 Å². The van der Waals surface area contributed by atoms with Crippen molar-refractivity contribution in [2.24, 2.45) is 0 Å². The van der Waals surface area contributed by atoms with Gasteiger partial charge in [-0.15, -0.1) is 0 Å². The van der Waals surface area contributed by atoms with E-state index in [2.05, 4.69) is 349 Å². The van der Waals surface area contributed by atoms with Crippen LogP contribution in [-0.4, -0.2) is 32.4 Å². The van der Waals surface area contributed by atoms with Crippen LogP contribution in [0, 0.1) is 0 Å². The molecule has 5 heterocycles. The number of hydrogen-bond donors (Lipinski definition) is 0. The molecule has 0 saturated heterocycles. The molecule has 0 N–H and O–H groups in total. The van der Waals surface area contributed by atoms with E-state index in [1.54, 1.807) is 0 Å². The summed E-state index contributed by atoms with van der Waals surface area (Å²) in [6.07, 6.45) is 2.11. The summed E-state index contributed by atoms with van der Waals surface area (Å²) in [4.78, 5) is 5.93. The molecule has 0 aliphatic rings. The van der Waals surface area contributed by atoms with Gasteiger partial charge >= 0.3 is 0 Å². The molecule has 0 fully saturated rings. The van der Waals surface area contributed by atoms with Gasteiger partial charge in [-0.05, 0) is 166 Å². The molecule has 90 heavy (non-hydrogen) atoms. The first-order chi connectivity index (χ1) is 44.7. The van der Waals surface area contributed by atoms with Gasteiger partial charge in [0.25, 0.3) is 0 Å². The molecule has 19 rings (SSSR count). The molecule has 0 atom stereocenters. The molecule has 420 valence electrons. The lowest BCUT2D eigenvalue weighted by Crippen LogP contribution is -2.08. The fourth-order valence-corrected chi connectivity index (χ4v) is 14.9. The standard InChI is InChI=1S/C83H53N7/c1-5-25-54(26-6-1)85-75-41-21-22-42-76(75)86(55-27-7-2-8-28-55)80-51-68-66(49-79(80)85)60-46-45-58(89-71-37-17-13-33-61(71)62-34-14-18-38-72(62)89)47-65(60)67-50-81-82(88(57-31-11-4-12-32-57)78-44-24-23-43-77(78)87(81)56-29-9-3-10-30-56)52-70(67)83-69(68)48-59(53-84-83)90-73-39-19-15-35-63(73)64-36-16-20-40-74(64)90/h1-53H. The summed E-state index contributed by atoms with van der Waals surface area (Å²) in [6, 6.07) is 116. The largest absolute Gasteiger partial charge is 0.309 e. The molecular weight excluding hydrogens is 1090 g/mol. The predicted octanol–water partition coefficient (Wildman–Crippen LogP) is 21.4. The van der Waals surface area contributed by atoms with Crippen LogP contribution in [0.1, 0.15) is 0 Å². The molecule has 0 spiro atoms. The van der Waals surface area contributed by atoms with Crippen LogP contribution in [0.2, 0.25) is 0 Å². The Bertz CT molecular complexity index is 5770. The number of aromatic nitrogens is 7. The Morgan fingerprint density at radius 3 is 0.778 bits per heavy atom. The molecule has 5 aromatic heterocycles. The highest BCUT2D eigenvalue weighted by molar-refractivity contribution is 6.29. The van der Waals surface area contributed by atoms with Gasteiger partial charge in [-0.25, -0.2) is 0 Å². The van der Waals surface area contributed by atoms with Crippen molar-refractivity contribution < 1.29 is 0 Å². The first-order valence-electron chi connectivity index (χ1n) is 30.8. The Morgan fingerprint density at radius 1 is 0.156 bits per heavy atom. The van der Waals surface area contributed by atoms with E-state index in [4.69, 9.17) is 4.98 Å². The number of nitrogens with zero attached hydrogens (tertiary/aromatic N) is 7. The van der Waals surface area contributed by atoms with Crippen molar-refractivity contribution in [1.82, 2.24) is 32.4 Å². The third kappa shape index (κ3) is 7.38. The zero-order valence-electron chi connectivity index (χ0n) is 48.7. The predicted molar refractivity (Wildman–Crippen MR) is 377 cm³/mol. The second kappa shape index (κ2) is 19.7. The van der Waals surface area contributed by atoms with Gasteiger partial charge < -0.3 is 27.4 Å². The minimum atomic E-state index is 0.881. The molecule has 0 unspecified atom stereocenters. The highest BCUT2D eigenvalue weighted by Crippen LogP contribution is 2.45. The van der Waals surface area contributed by atoms with Crippen LogP contribution < -0.4 is 0 Å². The highest BCUT2D eigenvalue weighted by atomic mass is 15.1. The van der Waals surface area contributed by atoms with Crippen LogP contribution in [0.15, 0.2) is 322 Å². The monoisotopic (exact) mass is 1150 g/mol. The summed E-state index contributed by atoms with van der Waals surface area (Å²) in [7, 11) is 0. The molecule has 14 aromatic carbocycles. The maximum absolute atomic E-state index is 5.93. The molecular formula is C83H53N7. The van der Waals surface area contributed by atoms with Gasteiger partial charge in [-0.2, -0.15) is 0 Å². The van der Waals surface area contributed by atoms with Gasteiger partial charge in [0.15, 0.2) is 0 Å². The second-order valence-electron chi connectivity index (χ2n) is 23.5. The summed E-state index contributed by atoms with van der Waals surface area (Å²) in [5.41, 5.74) is 20.3. The zero-order chi connectivity index (χ0) is 59.0. The number of benzene rings is 13. The quantitative estimate of drug-likeness (QED) is 0.153. The molecule has 0 aliphatic carbocycles. The number of hydrogen-bond acceptors (Lipinski definition) is 1. The van der Waals surface area contributed by atoms with E-state index >= 15 is 0 Å². The normalized spacial score (nSPS) is 12.0. The Kier molecular flexibility index (Phi) is 10.9. The van der Waals surface area contributed by atoms with Crippen molar-refractivity contribution in [3.8, 4) is 34.1 Å². The minimum absolute atomic E-state index is 0.881. The molecule has 19 aromatic rings. The van der Waals surface area contributed by atoms with Crippen molar-refractivity contribution in [2.45, 2.75) is 0 Å². The van der Waals surface area contributed by atoms with E-state index in [0.717, 1.165) is 144 Å². The van der Waals surface area contributed by atoms with Gasteiger partial charge in [0, 0.05) is 60.8 Å². The SMILES string of the molecule is c1ccc(-n2c3ccccc3n(-c3ccccc3)c3cc4c(cc32)c2ccc(-n3c5ccccc5c5ccccc53)cc2c2cc3c(cc2c2ncc(-n5c6ccccc6c6ccccc65)cc42)n(-c2ccccc2)c2ccccc2n3-c2ccccc2)cc1. The van der Waals surface area contributed by atoms with Crippen LogP contribution >= 0.6 is 0 Å². The summed E-state index contributed by atoms with van der Waals surface area (Å²) in [5, 5.41) is 12.3. The van der Waals surface area contributed by atoms with Crippen LogP contribution in [0.25, 0.3) is 165 Å². The van der Waals surface area contributed by atoms with E-state index in [1.807, 2.05) is 0 Å². The molecule has 0 radical (unpaired) electrons. The van der Waals surface area contributed by atoms with Crippen LogP contribution in [-0.2, 0) is 0 Å². The van der Waals surface area contributed by atoms with E-state index in [0.29, 0.717) is 0 Å².